The number of benzene rings is 8. The second-order valence-electron chi connectivity index (χ2n) is 15.3. The van der Waals surface area contributed by atoms with Crippen molar-refractivity contribution in [3.63, 3.8) is 0 Å². The molecule has 0 radical (unpaired) electrons. The highest BCUT2D eigenvalue weighted by atomic mass is 15.1. The van der Waals surface area contributed by atoms with Gasteiger partial charge in [0, 0.05) is 16.8 Å². The van der Waals surface area contributed by atoms with Crippen LogP contribution in [-0.4, -0.2) is 0 Å². The number of fused-ring (bicyclic) bond motifs is 13. The van der Waals surface area contributed by atoms with Crippen molar-refractivity contribution in [2.24, 2.45) is 0 Å². The first-order chi connectivity index (χ1) is 25.4. The Morgan fingerprint density at radius 2 is 0.885 bits per heavy atom. The van der Waals surface area contributed by atoms with Crippen molar-refractivity contribution >= 4 is 38.6 Å². The standard InChI is InChI=1S/C51H41N/c1-32(2)34-21-25-38(26-22-34)52(39-27-23-35(24-28-39)33(3)4)49-31-48-50(43-18-8-7-17-42(43)49)44-29-36-13-5-6-14-37(36)30-47(44)51(48)45-19-11-9-15-40(45)41-16-10-12-20-46(41)51/h5-33H,1-4H3. The van der Waals surface area contributed by atoms with Gasteiger partial charge in [0.2, 0.25) is 0 Å². The van der Waals surface area contributed by atoms with Gasteiger partial charge in [-0.25, -0.2) is 0 Å². The first kappa shape index (κ1) is 30.9. The van der Waals surface area contributed by atoms with E-state index in [2.05, 4.69) is 196 Å². The second kappa shape index (κ2) is 11.6. The summed E-state index contributed by atoms with van der Waals surface area (Å²) in [4.78, 5) is 2.50. The highest BCUT2D eigenvalue weighted by Crippen LogP contribution is 2.65. The molecule has 0 heterocycles. The van der Waals surface area contributed by atoms with Crippen LogP contribution in [0.4, 0.5) is 17.1 Å². The summed E-state index contributed by atoms with van der Waals surface area (Å²) in [5.74, 6) is 0.926. The molecule has 0 unspecified atom stereocenters. The predicted molar refractivity (Wildman–Crippen MR) is 221 cm³/mol. The molecule has 10 rings (SSSR count). The van der Waals surface area contributed by atoms with Gasteiger partial charge >= 0.3 is 0 Å². The lowest BCUT2D eigenvalue weighted by molar-refractivity contribution is 0.795. The zero-order valence-electron chi connectivity index (χ0n) is 30.2. The van der Waals surface area contributed by atoms with E-state index < -0.39 is 5.41 Å². The largest absolute Gasteiger partial charge is 0.310 e. The first-order valence-electron chi connectivity index (χ1n) is 18.7. The lowest BCUT2D eigenvalue weighted by Crippen LogP contribution is -2.26. The minimum atomic E-state index is -0.463. The monoisotopic (exact) mass is 667 g/mol. The quantitative estimate of drug-likeness (QED) is 0.177. The van der Waals surface area contributed by atoms with Gasteiger partial charge in [-0.05, 0) is 126 Å². The Morgan fingerprint density at radius 1 is 0.404 bits per heavy atom. The van der Waals surface area contributed by atoms with E-state index in [4.69, 9.17) is 0 Å². The van der Waals surface area contributed by atoms with Crippen molar-refractivity contribution < 1.29 is 0 Å². The lowest BCUT2D eigenvalue weighted by atomic mass is 9.70. The van der Waals surface area contributed by atoms with Gasteiger partial charge < -0.3 is 4.90 Å². The molecule has 0 saturated heterocycles. The van der Waals surface area contributed by atoms with Gasteiger partial charge in [-0.3, -0.25) is 0 Å². The van der Waals surface area contributed by atoms with Crippen LogP contribution in [-0.2, 0) is 5.41 Å². The number of hydrogen-bond donors (Lipinski definition) is 0. The van der Waals surface area contributed by atoms with Crippen LogP contribution in [0.5, 0.6) is 0 Å². The molecule has 1 spiro atoms. The van der Waals surface area contributed by atoms with Gasteiger partial charge in [0.05, 0.1) is 11.1 Å². The fraction of sp³-hybridized carbons (Fsp3) is 0.137. The SMILES string of the molecule is CC(C)c1ccc(N(c2ccc(C(C)C)cc2)c2cc3c(c4ccccc24)-c2cc4ccccc4cc2C32c3ccccc3-c3ccccc32)cc1. The molecular formula is C51H41N. The van der Waals surface area contributed by atoms with Crippen molar-refractivity contribution in [1.29, 1.82) is 0 Å². The molecule has 0 saturated carbocycles. The molecular weight excluding hydrogens is 627 g/mol. The van der Waals surface area contributed by atoms with Crippen LogP contribution in [0.1, 0.15) is 72.9 Å². The average molecular weight is 668 g/mol. The van der Waals surface area contributed by atoms with Crippen molar-refractivity contribution in [3.05, 3.63) is 197 Å². The molecule has 0 aromatic heterocycles. The van der Waals surface area contributed by atoms with E-state index in [-0.39, 0.29) is 0 Å². The smallest absolute Gasteiger partial charge is 0.0726 e. The zero-order chi connectivity index (χ0) is 35.1. The minimum Gasteiger partial charge on any atom is -0.310 e. The van der Waals surface area contributed by atoms with Gasteiger partial charge in [-0.15, -0.1) is 0 Å². The average Bonchev–Trinajstić information content (AvgIpc) is 3.64. The first-order valence-corrected chi connectivity index (χ1v) is 18.7. The molecule has 0 aliphatic heterocycles. The zero-order valence-corrected chi connectivity index (χ0v) is 30.2. The predicted octanol–water partition coefficient (Wildman–Crippen LogP) is 14.1. The van der Waals surface area contributed by atoms with E-state index in [1.807, 2.05) is 0 Å². The molecule has 250 valence electrons. The summed E-state index contributed by atoms with van der Waals surface area (Å²) in [5.41, 5.74) is 16.5. The number of nitrogens with zero attached hydrogens (tertiary/aromatic N) is 1. The maximum Gasteiger partial charge on any atom is 0.0726 e. The van der Waals surface area contributed by atoms with E-state index in [0.717, 1.165) is 11.4 Å². The van der Waals surface area contributed by atoms with Crippen LogP contribution in [0.2, 0.25) is 0 Å². The Kier molecular flexibility index (Phi) is 6.86. The van der Waals surface area contributed by atoms with Gasteiger partial charge in [0.25, 0.3) is 0 Å². The Hall–Kier alpha value is -5.92. The number of anilines is 3. The van der Waals surface area contributed by atoms with Gasteiger partial charge in [-0.2, -0.15) is 0 Å². The third-order valence-corrected chi connectivity index (χ3v) is 11.8. The normalized spacial score (nSPS) is 13.5. The van der Waals surface area contributed by atoms with Crippen LogP contribution < -0.4 is 4.90 Å². The molecule has 0 atom stereocenters. The summed E-state index contributed by atoms with van der Waals surface area (Å²) in [7, 11) is 0. The summed E-state index contributed by atoms with van der Waals surface area (Å²) < 4.78 is 0. The van der Waals surface area contributed by atoms with Crippen LogP contribution in [0, 0.1) is 0 Å². The Bertz CT molecular complexity index is 2580. The molecule has 0 N–H and O–H groups in total. The summed E-state index contributed by atoms with van der Waals surface area (Å²) in [5, 5.41) is 5.08. The second-order valence-corrected chi connectivity index (χ2v) is 15.3. The molecule has 2 aliphatic rings. The third kappa shape index (κ3) is 4.29. The van der Waals surface area contributed by atoms with Gasteiger partial charge in [-0.1, -0.05) is 149 Å². The van der Waals surface area contributed by atoms with Gasteiger partial charge in [0.1, 0.15) is 0 Å². The number of hydrogen-bond acceptors (Lipinski definition) is 1. The maximum atomic E-state index is 2.55. The van der Waals surface area contributed by atoms with Crippen LogP contribution in [0.25, 0.3) is 43.8 Å². The Morgan fingerprint density at radius 3 is 1.44 bits per heavy atom. The van der Waals surface area contributed by atoms with Crippen molar-refractivity contribution in [2.75, 3.05) is 4.90 Å². The molecule has 1 heteroatoms. The van der Waals surface area contributed by atoms with E-state index in [0.29, 0.717) is 11.8 Å². The van der Waals surface area contributed by atoms with E-state index >= 15 is 0 Å². The molecule has 8 aromatic carbocycles. The fourth-order valence-corrected chi connectivity index (χ4v) is 9.29. The van der Waals surface area contributed by atoms with Crippen LogP contribution in [0.3, 0.4) is 0 Å². The highest BCUT2D eigenvalue weighted by molar-refractivity contribution is 6.13. The number of rotatable bonds is 5. The highest BCUT2D eigenvalue weighted by Gasteiger charge is 2.52. The summed E-state index contributed by atoms with van der Waals surface area (Å²) in [6.45, 7) is 9.07. The Labute approximate surface area is 306 Å². The minimum absolute atomic E-state index is 0.463. The van der Waals surface area contributed by atoms with Crippen molar-refractivity contribution in [3.8, 4) is 22.3 Å². The summed E-state index contributed by atoms with van der Waals surface area (Å²) >= 11 is 0. The Balaban J connectivity index is 1.35. The maximum absolute atomic E-state index is 2.55. The molecule has 2 aliphatic carbocycles. The molecule has 0 amide bonds. The molecule has 8 aromatic rings. The lowest BCUT2D eigenvalue weighted by Gasteiger charge is -2.33. The molecule has 0 bridgehead atoms. The third-order valence-electron chi connectivity index (χ3n) is 11.8. The van der Waals surface area contributed by atoms with Crippen molar-refractivity contribution in [2.45, 2.75) is 44.9 Å². The topological polar surface area (TPSA) is 3.24 Å². The molecule has 0 fully saturated rings. The van der Waals surface area contributed by atoms with Crippen LogP contribution in [0.15, 0.2) is 164 Å². The van der Waals surface area contributed by atoms with Gasteiger partial charge in [0.15, 0.2) is 0 Å². The van der Waals surface area contributed by atoms with E-state index in [9.17, 15) is 0 Å². The van der Waals surface area contributed by atoms with E-state index in [1.54, 1.807) is 0 Å². The van der Waals surface area contributed by atoms with E-state index in [1.165, 1.54) is 82.9 Å². The molecule has 52 heavy (non-hydrogen) atoms. The molecule has 1 nitrogen and oxygen atoms in total. The van der Waals surface area contributed by atoms with Crippen molar-refractivity contribution in [1.82, 2.24) is 0 Å². The fourth-order valence-electron chi connectivity index (χ4n) is 9.29. The summed E-state index contributed by atoms with van der Waals surface area (Å²) in [6, 6.07) is 62.2. The summed E-state index contributed by atoms with van der Waals surface area (Å²) in [6.07, 6.45) is 0. The van der Waals surface area contributed by atoms with Crippen LogP contribution >= 0.6 is 0 Å².